The van der Waals surface area contributed by atoms with Gasteiger partial charge in [-0.3, -0.25) is 24.3 Å². The van der Waals surface area contributed by atoms with E-state index in [0.717, 1.165) is 30.8 Å². The molecule has 3 heterocycles. The number of ether oxygens (including phenoxy) is 1. The molecule has 0 N–H and O–H groups in total. The molecule has 2 aliphatic heterocycles. The lowest BCUT2D eigenvalue weighted by molar-refractivity contribution is -0.133. The lowest BCUT2D eigenvalue weighted by Gasteiger charge is -2.32. The number of ketones is 2. The fraction of sp³-hybridized carbons (Fsp3) is 0.375. The predicted molar refractivity (Wildman–Crippen MR) is 146 cm³/mol. The van der Waals surface area contributed by atoms with Gasteiger partial charge in [0.1, 0.15) is 18.1 Å². The van der Waals surface area contributed by atoms with E-state index in [1.54, 1.807) is 11.0 Å². The number of rotatable bonds is 7. The van der Waals surface area contributed by atoms with Gasteiger partial charge in [-0.2, -0.15) is 0 Å². The summed E-state index contributed by atoms with van der Waals surface area (Å²) >= 11 is 0. The molecule has 2 aromatic carbocycles. The number of carbonyl (C=O) groups excluding carboxylic acids is 3. The zero-order chi connectivity index (χ0) is 26.8. The number of fused-ring (bicyclic) bond motifs is 1. The Kier molecular flexibility index (Phi) is 7.24. The first-order valence-electron chi connectivity index (χ1n) is 13.9. The lowest BCUT2D eigenvalue weighted by Crippen LogP contribution is -2.44. The van der Waals surface area contributed by atoms with E-state index in [1.807, 2.05) is 24.5 Å². The maximum atomic E-state index is 13.1. The molecule has 2 fully saturated rings. The van der Waals surface area contributed by atoms with Gasteiger partial charge in [-0.1, -0.05) is 30.3 Å². The van der Waals surface area contributed by atoms with Crippen LogP contribution in [0.25, 0.3) is 0 Å². The van der Waals surface area contributed by atoms with Gasteiger partial charge in [-0.15, -0.1) is 0 Å². The summed E-state index contributed by atoms with van der Waals surface area (Å²) in [6, 6.07) is 17.8. The van der Waals surface area contributed by atoms with Crippen molar-refractivity contribution in [1.82, 2.24) is 14.8 Å². The maximum Gasteiger partial charge on any atom is 0.255 e. The summed E-state index contributed by atoms with van der Waals surface area (Å²) < 4.78 is 6.17. The highest BCUT2D eigenvalue weighted by Gasteiger charge is 2.40. The fourth-order valence-corrected chi connectivity index (χ4v) is 6.12. The first-order valence-corrected chi connectivity index (χ1v) is 13.9. The van der Waals surface area contributed by atoms with E-state index in [2.05, 4.69) is 46.3 Å². The highest BCUT2D eigenvalue weighted by Crippen LogP contribution is 2.35. The topological polar surface area (TPSA) is 79.8 Å². The number of hydrogen-bond donors (Lipinski definition) is 0. The molecule has 6 rings (SSSR count). The molecule has 1 saturated carbocycles. The van der Waals surface area contributed by atoms with Gasteiger partial charge >= 0.3 is 0 Å². The fourth-order valence-electron chi connectivity index (χ4n) is 6.12. The normalized spacial score (nSPS) is 20.4. The average Bonchev–Trinajstić information content (AvgIpc) is 3.30. The van der Waals surface area contributed by atoms with Crippen LogP contribution >= 0.6 is 0 Å². The second-order valence-corrected chi connectivity index (χ2v) is 10.9. The van der Waals surface area contributed by atoms with Crippen LogP contribution in [0.15, 0.2) is 67.0 Å². The van der Waals surface area contributed by atoms with Crippen LogP contribution in [0.4, 0.5) is 0 Å². The van der Waals surface area contributed by atoms with Crippen molar-refractivity contribution in [3.05, 3.63) is 94.8 Å². The van der Waals surface area contributed by atoms with E-state index in [-0.39, 0.29) is 23.9 Å². The van der Waals surface area contributed by atoms with E-state index in [4.69, 9.17) is 4.74 Å². The van der Waals surface area contributed by atoms with E-state index < -0.39 is 6.04 Å². The lowest BCUT2D eigenvalue weighted by atomic mass is 9.90. The van der Waals surface area contributed by atoms with E-state index >= 15 is 0 Å². The number of nitrogens with zero attached hydrogens (tertiary/aromatic N) is 3. The first-order chi connectivity index (χ1) is 19.0. The molecule has 1 aliphatic carbocycles. The van der Waals surface area contributed by atoms with Crippen LogP contribution < -0.4 is 4.74 Å². The molecule has 3 aromatic rings. The zero-order valence-electron chi connectivity index (χ0n) is 22.1. The molecule has 1 aromatic heterocycles. The van der Waals surface area contributed by atoms with Crippen molar-refractivity contribution >= 4 is 17.5 Å². The Morgan fingerprint density at radius 1 is 0.872 bits per heavy atom. The standard InChI is InChI=1S/C32H33N3O4/c36-26-8-9-29(30(37)18-26)35-20-28-27(32(35)38)2-1-3-31(28)39-21-23-6-4-22(5-7-23)19-34-16-12-25(13-17-34)24-10-14-33-15-11-24/h1-7,10-11,14-15,25,29H,8-9,12-13,16-21H2. The van der Waals surface area contributed by atoms with E-state index in [1.165, 1.54) is 24.0 Å². The number of amides is 1. The molecule has 3 aliphatic rings. The van der Waals surface area contributed by atoms with Gasteiger partial charge in [0, 0.05) is 36.5 Å². The molecule has 7 heteroatoms. The molecule has 1 saturated heterocycles. The number of Topliss-reactive ketones (excluding diaryl/α,β-unsaturated/α-hetero) is 2. The summed E-state index contributed by atoms with van der Waals surface area (Å²) in [5.74, 6) is 0.938. The second-order valence-electron chi connectivity index (χ2n) is 10.9. The van der Waals surface area contributed by atoms with Gasteiger partial charge in [0.25, 0.3) is 5.91 Å². The van der Waals surface area contributed by atoms with Gasteiger partial charge in [-0.05, 0) is 79.2 Å². The molecule has 0 radical (unpaired) electrons. The van der Waals surface area contributed by atoms with Crippen molar-refractivity contribution in [2.75, 3.05) is 13.1 Å². The predicted octanol–water partition coefficient (Wildman–Crippen LogP) is 4.69. The third kappa shape index (κ3) is 5.50. The molecule has 0 spiro atoms. The number of hydrogen-bond acceptors (Lipinski definition) is 6. The number of piperidine rings is 1. The van der Waals surface area contributed by atoms with Gasteiger partial charge < -0.3 is 9.64 Å². The summed E-state index contributed by atoms with van der Waals surface area (Å²) in [6.07, 6.45) is 6.79. The van der Waals surface area contributed by atoms with Crippen LogP contribution in [0.3, 0.4) is 0 Å². The maximum absolute atomic E-state index is 13.1. The van der Waals surface area contributed by atoms with Crippen molar-refractivity contribution in [1.29, 1.82) is 0 Å². The molecule has 7 nitrogen and oxygen atoms in total. The minimum atomic E-state index is -0.524. The Morgan fingerprint density at radius 2 is 1.62 bits per heavy atom. The van der Waals surface area contributed by atoms with Crippen LogP contribution in [0.2, 0.25) is 0 Å². The summed E-state index contributed by atoms with van der Waals surface area (Å²) in [4.78, 5) is 45.4. The van der Waals surface area contributed by atoms with Gasteiger partial charge in [-0.25, -0.2) is 0 Å². The van der Waals surface area contributed by atoms with Crippen molar-refractivity contribution < 1.29 is 19.1 Å². The Hall–Kier alpha value is -3.84. The number of pyridine rings is 1. The Bertz CT molecular complexity index is 1360. The molecule has 200 valence electrons. The molecule has 1 amide bonds. The van der Waals surface area contributed by atoms with Crippen LogP contribution in [0, 0.1) is 0 Å². The van der Waals surface area contributed by atoms with E-state index in [0.29, 0.717) is 43.2 Å². The van der Waals surface area contributed by atoms with Gasteiger partial charge in [0.2, 0.25) is 0 Å². The zero-order valence-corrected chi connectivity index (χ0v) is 22.1. The molecule has 0 bridgehead atoms. The highest BCUT2D eigenvalue weighted by molar-refractivity contribution is 6.07. The van der Waals surface area contributed by atoms with E-state index in [9.17, 15) is 14.4 Å². The minimum Gasteiger partial charge on any atom is -0.489 e. The summed E-state index contributed by atoms with van der Waals surface area (Å²) in [7, 11) is 0. The molecule has 1 atom stereocenters. The third-order valence-electron chi connectivity index (χ3n) is 8.36. The van der Waals surface area contributed by atoms with Crippen LogP contribution in [0.1, 0.15) is 70.6 Å². The van der Waals surface area contributed by atoms with Crippen molar-refractivity contribution in [2.24, 2.45) is 0 Å². The number of aromatic nitrogens is 1. The van der Waals surface area contributed by atoms with Gasteiger partial charge in [0.15, 0.2) is 5.78 Å². The monoisotopic (exact) mass is 523 g/mol. The molecule has 1 unspecified atom stereocenters. The number of carbonyl (C=O) groups is 3. The van der Waals surface area contributed by atoms with Crippen molar-refractivity contribution in [2.45, 2.75) is 63.8 Å². The largest absolute Gasteiger partial charge is 0.489 e. The Morgan fingerprint density at radius 3 is 2.36 bits per heavy atom. The number of likely N-dealkylation sites (tertiary alicyclic amines) is 1. The third-order valence-corrected chi connectivity index (χ3v) is 8.36. The summed E-state index contributed by atoms with van der Waals surface area (Å²) in [5.41, 5.74) is 5.15. The minimum absolute atomic E-state index is 0.0407. The quantitative estimate of drug-likeness (QED) is 0.418. The van der Waals surface area contributed by atoms with Crippen molar-refractivity contribution in [3.63, 3.8) is 0 Å². The first kappa shape index (κ1) is 25.4. The molecular weight excluding hydrogens is 490 g/mol. The Balaban J connectivity index is 1.03. The SMILES string of the molecule is O=C1CCC(N2Cc3c(OCc4ccc(CN5CCC(c6ccncc6)CC5)cc4)cccc3C2=O)C(=O)C1. The van der Waals surface area contributed by atoms with Crippen molar-refractivity contribution in [3.8, 4) is 5.75 Å². The second kappa shape index (κ2) is 11.1. The Labute approximate surface area is 228 Å². The van der Waals surface area contributed by atoms with Gasteiger partial charge in [0.05, 0.1) is 19.0 Å². The van der Waals surface area contributed by atoms with Crippen LogP contribution in [-0.4, -0.2) is 51.4 Å². The molecule has 39 heavy (non-hydrogen) atoms. The van der Waals surface area contributed by atoms with Crippen LogP contribution in [-0.2, 0) is 29.3 Å². The highest BCUT2D eigenvalue weighted by atomic mass is 16.5. The smallest absolute Gasteiger partial charge is 0.255 e. The summed E-state index contributed by atoms with van der Waals surface area (Å²) in [6.45, 7) is 3.87. The molecular formula is C32H33N3O4. The number of benzene rings is 2. The summed E-state index contributed by atoms with van der Waals surface area (Å²) in [5, 5.41) is 0. The van der Waals surface area contributed by atoms with Crippen LogP contribution in [0.5, 0.6) is 5.75 Å². The average molecular weight is 524 g/mol.